The van der Waals surface area contributed by atoms with E-state index in [1.165, 1.54) is 37.7 Å². The van der Waals surface area contributed by atoms with Crippen LogP contribution >= 0.6 is 7.82 Å². The number of rotatable bonds is 22. The molecule has 1 unspecified atom stereocenters. The summed E-state index contributed by atoms with van der Waals surface area (Å²) in [5.74, 6) is 0.0654. The van der Waals surface area contributed by atoms with E-state index in [0.29, 0.717) is 11.0 Å². The first kappa shape index (κ1) is 36.0. The zero-order valence-electron chi connectivity index (χ0n) is 25.7. The molecule has 0 aromatic heterocycles. The Balaban J connectivity index is 1.46. The van der Waals surface area contributed by atoms with E-state index in [9.17, 15) is 19.4 Å². The maximum atomic E-state index is 12.5. The predicted octanol–water partition coefficient (Wildman–Crippen LogP) is 6.06. The van der Waals surface area contributed by atoms with Gasteiger partial charge in [0.15, 0.2) is 5.78 Å². The van der Waals surface area contributed by atoms with Gasteiger partial charge in [0.2, 0.25) is 0 Å². The maximum Gasteiger partial charge on any atom is 0.472 e. The number of benzene rings is 2. The fraction of sp³-hybridized carbons (Fsp3) is 0.545. The SMILES string of the molecule is C[N+](C)(C)CCOP(=O)(O)OC[C@H](N)[C@H](O)/C=C/CCCCCCCCCCc1ccc(C(=O)c2ccccc2)cc1. The number of ketones is 1. The second-order valence-electron chi connectivity index (χ2n) is 12.0. The lowest BCUT2D eigenvalue weighted by atomic mass is 9.99. The Kier molecular flexibility index (Phi) is 16.5. The lowest BCUT2D eigenvalue weighted by molar-refractivity contribution is -0.870. The number of aliphatic hydroxyl groups is 1. The standard InChI is InChI=1S/C33H51N2O6P/c1-35(2,3)25-26-40-42(38,39)41-27-31(34)32(36)20-16-11-9-7-5-4-6-8-10-13-17-28-21-23-30(24-22-28)33(37)29-18-14-12-15-19-29/h12,14-16,18-24,31-32,36H,4-11,13,17,25-27,34H2,1-3H3/p+1/b20-16+/t31-,32+/m0/s1. The second-order valence-corrected chi connectivity index (χ2v) is 13.4. The van der Waals surface area contributed by atoms with E-state index in [0.717, 1.165) is 43.2 Å². The molecular formula is C33H52N2O6P+. The molecule has 42 heavy (non-hydrogen) atoms. The molecule has 0 spiro atoms. The fourth-order valence-electron chi connectivity index (χ4n) is 4.36. The molecule has 2 rings (SSSR count). The van der Waals surface area contributed by atoms with Crippen LogP contribution in [0.15, 0.2) is 66.7 Å². The van der Waals surface area contributed by atoms with Crippen molar-refractivity contribution < 1.29 is 32.9 Å². The highest BCUT2D eigenvalue weighted by Gasteiger charge is 2.25. The van der Waals surface area contributed by atoms with E-state index in [2.05, 4.69) is 12.1 Å². The summed E-state index contributed by atoms with van der Waals surface area (Å²) in [6.07, 6.45) is 13.9. The van der Waals surface area contributed by atoms with Gasteiger partial charge in [-0.1, -0.05) is 105 Å². The van der Waals surface area contributed by atoms with Crippen LogP contribution < -0.4 is 5.73 Å². The molecule has 0 radical (unpaired) electrons. The summed E-state index contributed by atoms with van der Waals surface area (Å²) in [6.45, 7) is 0.374. The summed E-state index contributed by atoms with van der Waals surface area (Å²) in [6, 6.07) is 16.6. The van der Waals surface area contributed by atoms with Gasteiger partial charge in [0.1, 0.15) is 13.2 Å². The lowest BCUT2D eigenvalue weighted by Gasteiger charge is -2.24. The highest BCUT2D eigenvalue weighted by atomic mass is 31.2. The third-order valence-corrected chi connectivity index (χ3v) is 8.04. The molecule has 0 fully saturated rings. The Morgan fingerprint density at radius 3 is 2.07 bits per heavy atom. The lowest BCUT2D eigenvalue weighted by Crippen LogP contribution is -2.38. The summed E-state index contributed by atoms with van der Waals surface area (Å²) in [4.78, 5) is 22.3. The van der Waals surface area contributed by atoms with Gasteiger partial charge in [-0.3, -0.25) is 13.8 Å². The van der Waals surface area contributed by atoms with E-state index < -0.39 is 20.0 Å². The van der Waals surface area contributed by atoms with Gasteiger partial charge in [-0.15, -0.1) is 0 Å². The van der Waals surface area contributed by atoms with Gasteiger partial charge in [0.05, 0.1) is 39.9 Å². The van der Waals surface area contributed by atoms with Crippen LogP contribution in [0.2, 0.25) is 0 Å². The smallest absolute Gasteiger partial charge is 0.387 e. The van der Waals surface area contributed by atoms with Crippen molar-refractivity contribution in [3.8, 4) is 0 Å². The normalized spacial score (nSPS) is 15.0. The third kappa shape index (κ3) is 15.9. The van der Waals surface area contributed by atoms with Crippen LogP contribution in [0.5, 0.6) is 0 Å². The molecule has 4 N–H and O–H groups in total. The average Bonchev–Trinajstić information content (AvgIpc) is 2.96. The van der Waals surface area contributed by atoms with E-state index in [-0.39, 0.29) is 19.0 Å². The Morgan fingerprint density at radius 2 is 1.45 bits per heavy atom. The largest absolute Gasteiger partial charge is 0.472 e. The first-order valence-corrected chi connectivity index (χ1v) is 16.7. The van der Waals surface area contributed by atoms with Crippen molar-refractivity contribution in [3.63, 3.8) is 0 Å². The Bertz CT molecular complexity index is 1100. The average molecular weight is 604 g/mol. The number of phosphoric ester groups is 1. The number of aliphatic hydroxyl groups excluding tert-OH is 1. The summed E-state index contributed by atoms with van der Waals surface area (Å²) >= 11 is 0. The van der Waals surface area contributed by atoms with Crippen molar-refractivity contribution in [1.29, 1.82) is 0 Å². The first-order valence-electron chi connectivity index (χ1n) is 15.2. The van der Waals surface area contributed by atoms with E-state index >= 15 is 0 Å². The number of allylic oxidation sites excluding steroid dienone is 1. The number of hydrogen-bond acceptors (Lipinski definition) is 6. The predicted molar refractivity (Wildman–Crippen MR) is 169 cm³/mol. The number of hydrogen-bond donors (Lipinski definition) is 3. The van der Waals surface area contributed by atoms with Gasteiger partial charge in [0, 0.05) is 11.1 Å². The molecule has 234 valence electrons. The van der Waals surface area contributed by atoms with Gasteiger partial charge in [0.25, 0.3) is 0 Å². The third-order valence-electron chi connectivity index (χ3n) is 7.06. The van der Waals surface area contributed by atoms with E-state index in [4.69, 9.17) is 14.8 Å². The van der Waals surface area contributed by atoms with Crippen molar-refractivity contribution in [3.05, 3.63) is 83.4 Å². The van der Waals surface area contributed by atoms with Crippen molar-refractivity contribution >= 4 is 13.6 Å². The number of aryl methyl sites for hydroxylation is 1. The minimum Gasteiger partial charge on any atom is -0.387 e. The van der Waals surface area contributed by atoms with Crippen LogP contribution in [-0.4, -0.2) is 73.3 Å². The zero-order valence-corrected chi connectivity index (χ0v) is 26.6. The molecule has 0 amide bonds. The summed E-state index contributed by atoms with van der Waals surface area (Å²) in [5.41, 5.74) is 8.63. The van der Waals surface area contributed by atoms with Gasteiger partial charge in [-0.2, -0.15) is 0 Å². The van der Waals surface area contributed by atoms with E-state index in [1.807, 2.05) is 69.7 Å². The Labute approximate surface area is 252 Å². The minimum atomic E-state index is -4.19. The first-order chi connectivity index (χ1) is 20.0. The molecular weight excluding hydrogens is 551 g/mol. The van der Waals surface area contributed by atoms with Crippen molar-refractivity contribution in [1.82, 2.24) is 0 Å². The van der Waals surface area contributed by atoms with Crippen LogP contribution in [0.25, 0.3) is 0 Å². The number of phosphoric acid groups is 1. The quantitative estimate of drug-likeness (QED) is 0.0493. The summed E-state index contributed by atoms with van der Waals surface area (Å²) < 4.78 is 22.4. The second kappa shape index (κ2) is 19.2. The number of unbranched alkanes of at least 4 members (excludes halogenated alkanes) is 8. The fourth-order valence-corrected chi connectivity index (χ4v) is 5.10. The molecule has 0 saturated carbocycles. The maximum absolute atomic E-state index is 12.5. The summed E-state index contributed by atoms with van der Waals surface area (Å²) in [7, 11) is 1.67. The molecule has 0 aliphatic carbocycles. The number of carbonyl (C=O) groups excluding carboxylic acids is 1. The van der Waals surface area contributed by atoms with Gasteiger partial charge >= 0.3 is 7.82 Å². The summed E-state index contributed by atoms with van der Waals surface area (Å²) in [5, 5.41) is 10.2. The van der Waals surface area contributed by atoms with Crippen LogP contribution in [0, 0.1) is 0 Å². The zero-order chi connectivity index (χ0) is 30.8. The molecule has 0 aliphatic heterocycles. The van der Waals surface area contributed by atoms with Crippen LogP contribution in [0.3, 0.4) is 0 Å². The molecule has 2 aromatic rings. The van der Waals surface area contributed by atoms with Crippen LogP contribution in [0.4, 0.5) is 0 Å². The van der Waals surface area contributed by atoms with Gasteiger partial charge in [-0.25, -0.2) is 4.57 Å². The molecule has 8 nitrogen and oxygen atoms in total. The van der Waals surface area contributed by atoms with Crippen molar-refractivity contribution in [2.45, 2.75) is 76.4 Å². The van der Waals surface area contributed by atoms with Crippen molar-refractivity contribution in [2.24, 2.45) is 5.73 Å². The van der Waals surface area contributed by atoms with Crippen LogP contribution in [0.1, 0.15) is 79.3 Å². The van der Waals surface area contributed by atoms with Gasteiger partial charge in [-0.05, 0) is 31.2 Å². The number of nitrogens with two attached hydrogens (primary N) is 1. The number of nitrogens with zero attached hydrogens (tertiary/aromatic N) is 1. The molecule has 0 aliphatic rings. The van der Waals surface area contributed by atoms with E-state index in [1.54, 1.807) is 6.08 Å². The van der Waals surface area contributed by atoms with Gasteiger partial charge < -0.3 is 20.2 Å². The topological polar surface area (TPSA) is 119 Å². The molecule has 9 heteroatoms. The number of carbonyl (C=O) groups is 1. The molecule has 0 saturated heterocycles. The highest BCUT2D eigenvalue weighted by molar-refractivity contribution is 7.47. The number of quaternary nitrogens is 1. The molecule has 3 atom stereocenters. The van der Waals surface area contributed by atoms with Crippen LogP contribution in [-0.2, 0) is 20.0 Å². The minimum absolute atomic E-state index is 0.0654. The monoisotopic (exact) mass is 603 g/mol. The molecule has 2 aromatic carbocycles. The number of likely N-dealkylation sites (N-methyl/N-ethyl adjacent to an activating group) is 1. The Morgan fingerprint density at radius 1 is 0.881 bits per heavy atom. The molecule has 0 heterocycles. The molecule has 0 bridgehead atoms. The van der Waals surface area contributed by atoms with Crippen molar-refractivity contribution in [2.75, 3.05) is 40.9 Å². The highest BCUT2D eigenvalue weighted by Crippen LogP contribution is 2.43. The Hall–Kier alpha value is -2.16.